The van der Waals surface area contributed by atoms with Crippen LogP contribution in [0.5, 0.6) is 0 Å². The smallest absolute Gasteiger partial charge is 0.246 e. The number of rotatable bonds is 18. The van der Waals surface area contributed by atoms with Gasteiger partial charge in [-0.1, -0.05) is 123 Å². The molecule has 9 rings (SSSR count). The zero-order valence-electron chi connectivity index (χ0n) is 109. The molecule has 9 heterocycles. The van der Waals surface area contributed by atoms with Gasteiger partial charge < -0.3 is 87.7 Å². The van der Waals surface area contributed by atoms with Gasteiger partial charge >= 0.3 is 0 Å². The predicted molar refractivity (Wildman–Crippen MR) is 618 cm³/mol. The summed E-state index contributed by atoms with van der Waals surface area (Å²) in [4.78, 5) is 37.0. The van der Waals surface area contributed by atoms with Crippen molar-refractivity contribution in [3.63, 3.8) is 0 Å². The van der Waals surface area contributed by atoms with Crippen LogP contribution in [0, 0.1) is 39.4 Å². The van der Waals surface area contributed by atoms with E-state index in [-0.39, 0.29) is 148 Å². The summed E-state index contributed by atoms with van der Waals surface area (Å²) in [6, 6.07) is 0.689. The van der Waals surface area contributed by atoms with Crippen LogP contribution < -0.4 is 26.6 Å². The van der Waals surface area contributed by atoms with Crippen LogP contribution in [0.15, 0.2) is 35.1 Å². The summed E-state index contributed by atoms with van der Waals surface area (Å²) in [5, 5.41) is 122. The number of piperidine rings is 1. The maximum absolute atomic E-state index is 12.9. The largest absolute Gasteiger partial charge is 0.496 e. The molecule has 5 atom stereocenters. The molecule has 6 fully saturated rings. The predicted octanol–water partition coefficient (Wildman–Crippen LogP) is 26.4. The maximum Gasteiger partial charge on any atom is 0.246 e. The molecule has 0 bridgehead atoms. The second-order valence-corrected chi connectivity index (χ2v) is 64.4. The van der Waals surface area contributed by atoms with Gasteiger partial charge in [0.25, 0.3) is 0 Å². The first-order chi connectivity index (χ1) is 65.7. The topological polar surface area (TPSA) is 350 Å². The van der Waals surface area contributed by atoms with Crippen LogP contribution in [0.3, 0.4) is 0 Å². The van der Waals surface area contributed by atoms with Crippen molar-refractivity contribution in [2.45, 2.75) is 659 Å². The molecule has 5 unspecified atom stereocenters. The number of hydrogen-bond donors (Lipinski definition) is 14. The third kappa shape index (κ3) is 38.5. The van der Waals surface area contributed by atoms with E-state index in [0.717, 1.165) is 75.7 Å². The molecule has 6 saturated heterocycles. The number of amides is 2. The second kappa shape index (κ2) is 49.3. The Labute approximate surface area is 920 Å². The Morgan fingerprint density at radius 3 is 1.04 bits per heavy atom. The average Bonchev–Trinajstić information content (AvgIpc) is 1.57. The van der Waals surface area contributed by atoms with Gasteiger partial charge in [0, 0.05) is 96.1 Å². The summed E-state index contributed by atoms with van der Waals surface area (Å²) in [6.07, 6.45) is 16.9. The average molecular weight is 2140 g/mol. The summed E-state index contributed by atoms with van der Waals surface area (Å²) >= 11 is 0. The van der Waals surface area contributed by atoms with Crippen LogP contribution >= 0.6 is 0 Å². The highest BCUT2D eigenvalue weighted by atomic mass is 16.5. The molecule has 0 spiro atoms. The molecule has 0 aromatic carbocycles. The standard InChI is InChI=1S/C17H31NO2.2C14H28N2O3.C13H26N2O.C13H28N2O.C13H25NO2.C13H27NO.C12H26N2O.C12H25NO/c1-8-16(9-2)12-13(14(19)15(5,6)7)17(10-3,11-4)18(16)20;1-12(2,3)19-9-15-11(17)10-8-13(4,5)16(18)14(10,6)7;1-12(2,3)19-9-11(17)15-10-8-13(4,5)16(18)14(10,6)7;1-11(2,3)14-9-10-8-12(4,5)15(16)13(10,6)7;1-11(2,3)14-10-8-12(4,5)15(16)13(6,7)9-10;1-11(2,3)9-16-10-8-12(4,5)14(15)13(10,6)7;1-11(2,3)8-10-9-12(4,5)14(15)13(10,6)7;1-10(2,3)13-9-8-11(4,5)14(15)12(9,6)7;1-10(2,3)9-8-11(4,5)13(14)12(9,6)7/h12,20H,8-11H2,1-7H3;2*10,18H,8-9H2,1-7H3,(H,15,17);8,14,16H,9H2,1-7H3;10,14,16H,8-9H2,1-7H3;8,15H,9H2,1-7H3;10,15H,8-9H2,1-7H3;9,13,15H,8H2,1-7H3;9,14H,8H2,1-7H3. The van der Waals surface area contributed by atoms with Gasteiger partial charge in [-0.15, -0.1) is 0 Å². The van der Waals surface area contributed by atoms with Gasteiger partial charge in [-0.3, -0.25) is 14.4 Å². The highest BCUT2D eigenvalue weighted by molar-refractivity contribution is 6.02. The Hall–Kier alpha value is -3.29. The third-order valence-corrected chi connectivity index (χ3v) is 32.5. The molecule has 9 aliphatic rings. The van der Waals surface area contributed by atoms with Crippen molar-refractivity contribution in [2.24, 2.45) is 39.4 Å². The molecule has 2 amide bonds. The molecule has 150 heavy (non-hydrogen) atoms. The monoisotopic (exact) mass is 2130 g/mol. The molecular weight excluding hydrogens is 1890 g/mol. The third-order valence-electron chi connectivity index (χ3n) is 32.5. The zero-order valence-corrected chi connectivity index (χ0v) is 109. The molecule has 0 aromatic heterocycles. The van der Waals surface area contributed by atoms with Gasteiger partial charge in [0.1, 0.15) is 19.1 Å². The van der Waals surface area contributed by atoms with Gasteiger partial charge in [-0.05, 0) is 442 Å². The minimum atomic E-state index is -0.574. The Morgan fingerprint density at radius 2 is 0.747 bits per heavy atom. The van der Waals surface area contributed by atoms with Gasteiger partial charge in [0.05, 0.1) is 79.6 Å². The number of carbonyl (C=O) groups is 3. The Bertz CT molecular complexity index is 4230. The van der Waals surface area contributed by atoms with E-state index in [9.17, 15) is 61.2 Å². The van der Waals surface area contributed by atoms with E-state index < -0.39 is 38.6 Å². The van der Waals surface area contributed by atoms with E-state index >= 15 is 0 Å². The Balaban J connectivity index is 0.000000845. The van der Waals surface area contributed by atoms with E-state index in [1.54, 1.807) is 10.1 Å². The number of hydroxylamine groups is 18. The van der Waals surface area contributed by atoms with E-state index in [1.165, 1.54) is 47.4 Å². The number of ether oxygens (including phenoxy) is 3. The summed E-state index contributed by atoms with van der Waals surface area (Å²) in [6.45, 7) is 132. The fraction of sp³-hybridized carbons (Fsp3) is 0.926. The van der Waals surface area contributed by atoms with Crippen LogP contribution in [-0.4, -0.2) is 282 Å². The van der Waals surface area contributed by atoms with Crippen molar-refractivity contribution in [1.29, 1.82) is 0 Å². The van der Waals surface area contributed by atoms with Crippen LogP contribution in [0.2, 0.25) is 0 Å². The molecule has 0 radical (unpaired) electrons. The van der Waals surface area contributed by atoms with Crippen molar-refractivity contribution in [3.8, 4) is 0 Å². The first-order valence-electron chi connectivity index (χ1n) is 56.6. The Morgan fingerprint density at radius 1 is 0.373 bits per heavy atom. The summed E-state index contributed by atoms with van der Waals surface area (Å²) in [5.74, 6) is 1.64. The molecule has 0 aliphatic carbocycles. The highest BCUT2D eigenvalue weighted by Gasteiger charge is 2.61. The quantitative estimate of drug-likeness (QED) is 0.0448. The van der Waals surface area contributed by atoms with Crippen molar-refractivity contribution in [2.75, 3.05) is 26.5 Å². The van der Waals surface area contributed by atoms with Crippen LogP contribution in [0.1, 0.15) is 513 Å². The van der Waals surface area contributed by atoms with Gasteiger partial charge in [-0.25, -0.2) is 0 Å². The van der Waals surface area contributed by atoms with Crippen molar-refractivity contribution in [1.82, 2.24) is 72.2 Å². The number of Topliss-reactive ketones (excluding diaryl/α,β-unsaturated/α-hetero) is 1. The first-order valence-corrected chi connectivity index (χ1v) is 56.6. The molecule has 9 aliphatic heterocycles. The van der Waals surface area contributed by atoms with Gasteiger partial charge in [0.2, 0.25) is 11.8 Å². The SMILES string of the molecule is CC(C)(C)C1CC(C)(C)N(O)C1(C)C.CC(C)(C)CC1CC(C)(C)N(O)C1(C)C.CC(C)(C)COC1=CC(C)(C)N(O)C1(C)C.CC(C)(C)NC1CC(C)(C)N(O)C(C)(C)C1.CC(C)(C)NC1CC(C)(C)N(O)C1(C)C.CC(C)(C)NCC1=CC(C)(C)N(O)C1(C)C.CC(C)(C)OCC(=O)NC1CC(C)(C)N(O)C1(C)C.CC(C)(C)OCNC(=O)C1CC(C)(C)N(O)C1(C)C.CCC1(CC)C=C(C(=O)C(C)(C)C)C(CC)(CC)N1O. The van der Waals surface area contributed by atoms with Gasteiger partial charge in [-0.2, -0.15) is 45.6 Å². The van der Waals surface area contributed by atoms with Crippen LogP contribution in [-0.2, 0) is 28.6 Å². The summed E-state index contributed by atoms with van der Waals surface area (Å²) in [7, 11) is 0. The maximum atomic E-state index is 12.9. The van der Waals surface area contributed by atoms with E-state index in [4.69, 9.17) is 14.2 Å². The molecule has 0 saturated carbocycles. The fourth-order valence-electron chi connectivity index (χ4n) is 24.1. The van der Waals surface area contributed by atoms with Crippen LogP contribution in [0.4, 0.5) is 0 Å². The van der Waals surface area contributed by atoms with E-state index in [0.29, 0.717) is 48.8 Å². The molecule has 888 valence electrons. The molecule has 29 heteroatoms. The van der Waals surface area contributed by atoms with Crippen molar-refractivity contribution < 1.29 is 75.5 Å². The molecule has 0 aromatic rings. The van der Waals surface area contributed by atoms with E-state index in [2.05, 4.69) is 310 Å². The lowest BCUT2D eigenvalue weighted by Crippen LogP contribution is -2.64. The highest BCUT2D eigenvalue weighted by Crippen LogP contribution is 2.54. The summed E-state index contributed by atoms with van der Waals surface area (Å²) < 4.78 is 16.8. The number of ketones is 1. The number of nitrogens with zero attached hydrogens (tertiary/aromatic N) is 9. The lowest BCUT2D eigenvalue weighted by Gasteiger charge is -2.52. The lowest BCUT2D eigenvalue weighted by molar-refractivity contribution is -0.246. The Kier molecular flexibility index (Phi) is 47.6. The fourth-order valence-corrected chi connectivity index (χ4v) is 24.1. The molecular formula is C121H244N14O15. The molecule has 14 N–H and O–H groups in total. The zero-order chi connectivity index (χ0) is 120. The number of nitrogens with one attached hydrogen (secondary N) is 5. The number of carbonyl (C=O) groups excluding carboxylic acids is 3. The number of hydrogen-bond acceptors (Lipinski definition) is 27. The first kappa shape index (κ1) is 145. The minimum Gasteiger partial charge on any atom is -0.496 e. The van der Waals surface area contributed by atoms with Crippen molar-refractivity contribution >= 4 is 17.6 Å². The molecule has 29 nitrogen and oxygen atoms in total. The van der Waals surface area contributed by atoms with Crippen molar-refractivity contribution in [3.05, 3.63) is 35.1 Å². The van der Waals surface area contributed by atoms with Crippen LogP contribution in [0.25, 0.3) is 0 Å². The summed E-state index contributed by atoms with van der Waals surface area (Å²) in [5.41, 5.74) is -3.13. The normalized spacial score (nSPS) is 26.9. The lowest BCUT2D eigenvalue weighted by atomic mass is 9.70. The van der Waals surface area contributed by atoms with Gasteiger partial charge in [0.15, 0.2) is 5.78 Å². The van der Waals surface area contributed by atoms with E-state index in [1.807, 2.05) is 171 Å². The second-order valence-electron chi connectivity index (χ2n) is 64.4. The minimum absolute atomic E-state index is 0.0436.